The molecule has 0 aliphatic carbocycles. The number of rotatable bonds is 11. The summed E-state index contributed by atoms with van der Waals surface area (Å²) in [5.74, 6) is 0. The molecular formula is C12H25SSn. The summed E-state index contributed by atoms with van der Waals surface area (Å²) in [5.41, 5.74) is 0. The zero-order valence-electron chi connectivity index (χ0n) is 9.69. The minimum atomic E-state index is -0.283. The van der Waals surface area contributed by atoms with Crippen molar-refractivity contribution in [2.24, 2.45) is 0 Å². The first kappa shape index (κ1) is 15.0. The van der Waals surface area contributed by atoms with Gasteiger partial charge in [0.2, 0.25) is 0 Å². The first-order valence-electron chi connectivity index (χ1n) is 6.26. The van der Waals surface area contributed by atoms with E-state index in [9.17, 15) is 0 Å². The molecule has 0 N–H and O–H groups in total. The van der Waals surface area contributed by atoms with E-state index in [4.69, 9.17) is 9.29 Å². The molecule has 1 radical (unpaired) electrons. The van der Waals surface area contributed by atoms with Crippen LogP contribution in [-0.4, -0.2) is 19.2 Å². The minimum absolute atomic E-state index is 0.283. The molecule has 0 aromatic heterocycles. The van der Waals surface area contributed by atoms with E-state index in [1.807, 2.05) is 0 Å². The van der Waals surface area contributed by atoms with Crippen molar-refractivity contribution < 1.29 is 0 Å². The van der Waals surface area contributed by atoms with Gasteiger partial charge in [-0.2, -0.15) is 0 Å². The summed E-state index contributed by atoms with van der Waals surface area (Å²) in [4.78, 5) is 0. The molecule has 0 aromatic carbocycles. The van der Waals surface area contributed by atoms with Crippen LogP contribution in [0.4, 0.5) is 0 Å². The Labute approximate surface area is 104 Å². The van der Waals surface area contributed by atoms with Gasteiger partial charge in [0.15, 0.2) is 0 Å². The maximum atomic E-state index is 5.08. The van der Waals surface area contributed by atoms with Crippen molar-refractivity contribution >= 4 is 28.5 Å². The second-order valence-electron chi connectivity index (χ2n) is 4.08. The molecule has 0 fully saturated rings. The monoisotopic (exact) mass is 321 g/mol. The summed E-state index contributed by atoms with van der Waals surface area (Å²) in [6.07, 6.45) is 14.5. The predicted molar refractivity (Wildman–Crippen MR) is 70.0 cm³/mol. The molecule has 83 valence electrons. The van der Waals surface area contributed by atoms with Crippen LogP contribution in [0.3, 0.4) is 0 Å². The second kappa shape index (κ2) is 14.0. The van der Waals surface area contributed by atoms with Crippen molar-refractivity contribution in [1.82, 2.24) is 0 Å². The fraction of sp³-hybridized carbons (Fsp3) is 1.00. The molecule has 0 unspecified atom stereocenters. The van der Waals surface area contributed by atoms with Crippen molar-refractivity contribution in [2.45, 2.75) is 75.6 Å². The van der Waals surface area contributed by atoms with Crippen LogP contribution in [0.2, 0.25) is 4.44 Å². The summed E-state index contributed by atoms with van der Waals surface area (Å²) < 4.78 is 1.43. The van der Waals surface area contributed by atoms with Crippen LogP contribution in [0.1, 0.15) is 71.1 Å². The maximum absolute atomic E-state index is 5.08. The van der Waals surface area contributed by atoms with Gasteiger partial charge in [-0.05, 0) is 0 Å². The van der Waals surface area contributed by atoms with E-state index in [0.717, 1.165) is 0 Å². The van der Waals surface area contributed by atoms with Gasteiger partial charge in [-0.15, -0.1) is 0 Å². The van der Waals surface area contributed by atoms with E-state index in [0.29, 0.717) is 0 Å². The van der Waals surface area contributed by atoms with Crippen molar-refractivity contribution in [1.29, 1.82) is 0 Å². The van der Waals surface area contributed by atoms with Crippen molar-refractivity contribution in [3.8, 4) is 0 Å². The predicted octanol–water partition coefficient (Wildman–Crippen LogP) is 5.14. The number of hydrogen-bond acceptors (Lipinski definition) is 1. The Balaban J connectivity index is 2.81. The average molecular weight is 320 g/mol. The third-order valence-corrected chi connectivity index (χ3v) is 5.59. The van der Waals surface area contributed by atoms with E-state index < -0.39 is 0 Å². The van der Waals surface area contributed by atoms with Crippen LogP contribution in [0.15, 0.2) is 0 Å². The van der Waals surface area contributed by atoms with E-state index in [-0.39, 0.29) is 19.2 Å². The molecule has 0 bridgehead atoms. The molecular weight excluding hydrogens is 295 g/mol. The normalized spacial score (nSPS) is 10.4. The van der Waals surface area contributed by atoms with Crippen molar-refractivity contribution in [2.75, 3.05) is 0 Å². The van der Waals surface area contributed by atoms with Crippen LogP contribution in [-0.2, 0) is 0 Å². The van der Waals surface area contributed by atoms with Crippen LogP contribution in [0.25, 0.3) is 0 Å². The molecule has 0 amide bonds. The van der Waals surface area contributed by atoms with E-state index >= 15 is 0 Å². The van der Waals surface area contributed by atoms with Gasteiger partial charge in [-0.3, -0.25) is 0 Å². The summed E-state index contributed by atoms with van der Waals surface area (Å²) in [7, 11) is 5.08. The van der Waals surface area contributed by atoms with Gasteiger partial charge in [-0.1, -0.05) is 0 Å². The first-order valence-corrected chi connectivity index (χ1v) is 12.2. The van der Waals surface area contributed by atoms with Crippen LogP contribution < -0.4 is 0 Å². The van der Waals surface area contributed by atoms with Gasteiger partial charge in [0.05, 0.1) is 0 Å². The molecule has 0 saturated heterocycles. The van der Waals surface area contributed by atoms with Gasteiger partial charge in [-0.25, -0.2) is 0 Å². The van der Waals surface area contributed by atoms with E-state index in [1.54, 1.807) is 0 Å². The fourth-order valence-electron chi connectivity index (χ4n) is 1.68. The third kappa shape index (κ3) is 13.0. The Morgan fingerprint density at radius 3 is 1.57 bits per heavy atom. The quantitative estimate of drug-likeness (QED) is 0.375. The third-order valence-electron chi connectivity index (χ3n) is 2.63. The molecule has 0 nitrogen and oxygen atoms in total. The molecule has 0 heterocycles. The van der Waals surface area contributed by atoms with Gasteiger partial charge in [0.1, 0.15) is 0 Å². The zero-order valence-corrected chi connectivity index (χ0v) is 13.4. The zero-order chi connectivity index (χ0) is 10.5. The second-order valence-corrected chi connectivity index (χ2v) is 8.26. The Morgan fingerprint density at radius 2 is 1.14 bits per heavy atom. The molecule has 0 aliphatic heterocycles. The molecule has 2 heteroatoms. The van der Waals surface area contributed by atoms with Crippen LogP contribution >= 0.6 is 9.29 Å². The SMILES string of the molecule is CCCCCCCCCCC[CH2][Sn]=[S]. The summed E-state index contributed by atoms with van der Waals surface area (Å²) in [6, 6.07) is 0. The van der Waals surface area contributed by atoms with Crippen molar-refractivity contribution in [3.05, 3.63) is 0 Å². The Morgan fingerprint density at radius 1 is 0.714 bits per heavy atom. The molecule has 0 spiro atoms. The first-order chi connectivity index (χ1) is 6.91. The molecule has 14 heavy (non-hydrogen) atoms. The topological polar surface area (TPSA) is 0 Å². The Hall–Kier alpha value is 1.02. The van der Waals surface area contributed by atoms with E-state index in [1.165, 1.54) is 68.6 Å². The van der Waals surface area contributed by atoms with Crippen molar-refractivity contribution in [3.63, 3.8) is 0 Å². The van der Waals surface area contributed by atoms with Gasteiger partial charge in [0.25, 0.3) is 0 Å². The molecule has 0 saturated carbocycles. The molecule has 0 aliphatic rings. The standard InChI is InChI=1S/C12H25.S.Sn/c1-3-5-7-9-11-12-10-8-6-4-2;;/h1,3-12H2,2H3;;. The Kier molecular flexibility index (Phi) is 15.0. The summed E-state index contributed by atoms with van der Waals surface area (Å²) in [5, 5.41) is 0. The van der Waals surface area contributed by atoms with E-state index in [2.05, 4.69) is 6.92 Å². The Bertz CT molecular complexity index is 115. The molecule has 0 aromatic rings. The summed E-state index contributed by atoms with van der Waals surface area (Å²) in [6.45, 7) is 2.28. The van der Waals surface area contributed by atoms with Crippen LogP contribution in [0.5, 0.6) is 0 Å². The summed E-state index contributed by atoms with van der Waals surface area (Å²) >= 11 is -0.283. The average Bonchev–Trinajstić information content (AvgIpc) is 2.21. The number of unbranched alkanes of at least 4 members (excludes halogenated alkanes) is 9. The van der Waals surface area contributed by atoms with Gasteiger partial charge < -0.3 is 0 Å². The van der Waals surface area contributed by atoms with Crippen LogP contribution in [0, 0.1) is 0 Å². The van der Waals surface area contributed by atoms with Gasteiger partial charge >= 0.3 is 104 Å². The molecule has 0 rings (SSSR count). The van der Waals surface area contributed by atoms with Gasteiger partial charge in [0, 0.05) is 0 Å². The number of hydrogen-bond donors (Lipinski definition) is 0. The molecule has 0 atom stereocenters. The fourth-order valence-corrected chi connectivity index (χ4v) is 3.78.